The Morgan fingerprint density at radius 3 is 1.72 bits per heavy atom. The van der Waals surface area contributed by atoms with Gasteiger partial charge in [-0.05, 0) is 36.6 Å². The summed E-state index contributed by atoms with van der Waals surface area (Å²) in [6.45, 7) is 3.13. The van der Waals surface area contributed by atoms with Crippen molar-refractivity contribution in [2.45, 2.75) is 38.6 Å². The molecule has 0 N–H and O–H groups in total. The largest absolute Gasteiger partial charge is 0.492 e. The lowest BCUT2D eigenvalue weighted by Gasteiger charge is -2.39. The fraction of sp³-hybridized carbons (Fsp3) is 0.263. The summed E-state index contributed by atoms with van der Waals surface area (Å²) in [5, 5.41) is 0. The Labute approximate surface area is 269 Å². The average molecular weight is 623 g/mol. The third kappa shape index (κ3) is 7.41. The van der Waals surface area contributed by atoms with E-state index < -0.39 is 35.0 Å². The highest BCUT2D eigenvalue weighted by Gasteiger charge is 2.53. The van der Waals surface area contributed by atoms with E-state index in [1.807, 2.05) is 103 Å². The molecule has 1 saturated heterocycles. The summed E-state index contributed by atoms with van der Waals surface area (Å²) in [5.41, 5.74) is 0.147. The molecule has 8 heteroatoms. The number of allylic oxidation sites excluding steroid dienone is 1. The number of hydrogen-bond donors (Lipinski definition) is 0. The predicted octanol–water partition coefficient (Wildman–Crippen LogP) is 6.34. The van der Waals surface area contributed by atoms with E-state index in [2.05, 4.69) is 0 Å². The number of methoxy groups -OCH3 is 2. The summed E-state index contributed by atoms with van der Waals surface area (Å²) in [6.07, 6.45) is 8.10. The van der Waals surface area contributed by atoms with Gasteiger partial charge in [-0.3, -0.25) is 19.2 Å². The van der Waals surface area contributed by atoms with Crippen molar-refractivity contribution in [1.82, 2.24) is 0 Å². The molecule has 1 fully saturated rings. The van der Waals surface area contributed by atoms with Crippen LogP contribution in [0.15, 0.2) is 115 Å². The number of carbonyl (C=O) groups excluding carboxylic acids is 4. The molecule has 5 atom stereocenters. The van der Waals surface area contributed by atoms with Gasteiger partial charge in [0.15, 0.2) is 22.4 Å². The Kier molecular flexibility index (Phi) is 11.2. The maximum absolute atomic E-state index is 12.9. The second-order valence-electron chi connectivity index (χ2n) is 11.2. The van der Waals surface area contributed by atoms with Gasteiger partial charge >= 0.3 is 11.9 Å². The van der Waals surface area contributed by atoms with E-state index >= 15 is 0 Å². The van der Waals surface area contributed by atoms with Crippen molar-refractivity contribution < 1.29 is 38.1 Å². The molecule has 2 aliphatic rings. The predicted molar refractivity (Wildman–Crippen MR) is 174 cm³/mol. The summed E-state index contributed by atoms with van der Waals surface area (Å²) in [5.74, 6) is -1.67. The maximum Gasteiger partial charge on any atom is 0.323 e. The van der Waals surface area contributed by atoms with E-state index in [4.69, 9.17) is 18.9 Å². The minimum atomic E-state index is -1.36. The number of hydrogen-bond acceptors (Lipinski definition) is 8. The third-order valence-electron chi connectivity index (χ3n) is 8.27. The van der Waals surface area contributed by atoms with Gasteiger partial charge in [0.2, 0.25) is 0 Å². The van der Waals surface area contributed by atoms with Crippen LogP contribution in [0.2, 0.25) is 0 Å². The number of ketones is 2. The van der Waals surface area contributed by atoms with Gasteiger partial charge in [0.1, 0.15) is 6.10 Å². The van der Waals surface area contributed by atoms with E-state index in [1.165, 1.54) is 33.5 Å². The fourth-order valence-corrected chi connectivity index (χ4v) is 5.27. The van der Waals surface area contributed by atoms with Crippen LogP contribution in [0.1, 0.15) is 43.1 Å². The maximum atomic E-state index is 12.9. The molecule has 0 amide bonds. The molecule has 0 bridgehead atoms. The third-order valence-corrected chi connectivity index (χ3v) is 8.27. The second-order valence-corrected chi connectivity index (χ2v) is 11.2. The van der Waals surface area contributed by atoms with Gasteiger partial charge in [-0.1, -0.05) is 109 Å². The van der Waals surface area contributed by atoms with E-state index in [0.717, 1.165) is 16.7 Å². The first-order valence-corrected chi connectivity index (χ1v) is 14.9. The highest BCUT2D eigenvalue weighted by atomic mass is 16.5. The molecule has 0 spiro atoms. The van der Waals surface area contributed by atoms with Gasteiger partial charge in [0, 0.05) is 12.5 Å². The Balaban J connectivity index is 0.000000216. The molecule has 0 saturated carbocycles. The Morgan fingerprint density at radius 1 is 0.717 bits per heavy atom. The molecular weight excluding hydrogens is 584 g/mol. The number of esters is 2. The van der Waals surface area contributed by atoms with Crippen molar-refractivity contribution in [2.75, 3.05) is 14.2 Å². The number of ether oxygens (including phenoxy) is 4. The van der Waals surface area contributed by atoms with Crippen molar-refractivity contribution in [3.05, 3.63) is 132 Å². The molecule has 238 valence electrons. The van der Waals surface area contributed by atoms with Gasteiger partial charge in [-0.25, -0.2) is 0 Å². The minimum Gasteiger partial charge on any atom is -0.492 e. The zero-order chi connectivity index (χ0) is 33.2. The van der Waals surface area contributed by atoms with Crippen molar-refractivity contribution in [3.63, 3.8) is 0 Å². The number of carbonyl (C=O) groups is 4. The Hall–Kier alpha value is -5.08. The van der Waals surface area contributed by atoms with Crippen LogP contribution in [0.3, 0.4) is 0 Å². The zero-order valence-corrected chi connectivity index (χ0v) is 26.3. The van der Waals surface area contributed by atoms with Crippen LogP contribution in [0.4, 0.5) is 0 Å². The molecular formula is C38H38O8. The highest BCUT2D eigenvalue weighted by molar-refractivity contribution is 6.10. The number of rotatable bonds is 7. The van der Waals surface area contributed by atoms with Gasteiger partial charge in [-0.15, -0.1) is 0 Å². The van der Waals surface area contributed by atoms with Crippen LogP contribution in [0.5, 0.6) is 0 Å². The summed E-state index contributed by atoms with van der Waals surface area (Å²) >= 11 is 0. The highest BCUT2D eigenvalue weighted by Crippen LogP contribution is 2.41. The summed E-state index contributed by atoms with van der Waals surface area (Å²) < 4.78 is 21.3. The van der Waals surface area contributed by atoms with E-state index in [-0.39, 0.29) is 24.1 Å². The van der Waals surface area contributed by atoms with Crippen molar-refractivity contribution in [3.8, 4) is 0 Å². The smallest absolute Gasteiger partial charge is 0.323 e. The van der Waals surface area contributed by atoms with Gasteiger partial charge in [-0.2, -0.15) is 0 Å². The first kappa shape index (κ1) is 33.8. The molecule has 3 aromatic carbocycles. The topological polar surface area (TPSA) is 105 Å². The van der Waals surface area contributed by atoms with Crippen LogP contribution in [0.25, 0.3) is 12.2 Å². The minimum absolute atomic E-state index is 0.144. The first-order chi connectivity index (χ1) is 22.1. The lowest BCUT2D eigenvalue weighted by Crippen LogP contribution is -2.52. The van der Waals surface area contributed by atoms with Crippen LogP contribution >= 0.6 is 0 Å². The van der Waals surface area contributed by atoms with Gasteiger partial charge < -0.3 is 18.9 Å². The summed E-state index contributed by atoms with van der Waals surface area (Å²) in [4.78, 5) is 49.3. The number of benzene rings is 3. The summed E-state index contributed by atoms with van der Waals surface area (Å²) in [7, 11) is 2.55. The zero-order valence-electron chi connectivity index (χ0n) is 26.3. The quantitative estimate of drug-likeness (QED) is 0.222. The average Bonchev–Trinajstić information content (AvgIpc) is 3.10. The molecule has 2 aliphatic heterocycles. The first-order valence-electron chi connectivity index (χ1n) is 14.9. The van der Waals surface area contributed by atoms with Crippen LogP contribution in [-0.4, -0.2) is 49.9 Å². The van der Waals surface area contributed by atoms with Crippen LogP contribution in [-0.2, 0) is 38.1 Å². The van der Waals surface area contributed by atoms with Crippen molar-refractivity contribution >= 4 is 35.7 Å². The molecule has 2 heterocycles. The van der Waals surface area contributed by atoms with E-state index in [0.29, 0.717) is 0 Å². The Morgan fingerprint density at radius 2 is 1.20 bits per heavy atom. The molecule has 0 unspecified atom stereocenters. The number of Topliss-reactive ketones (excluding diaryl/α,β-unsaturated/α-hetero) is 1. The van der Waals surface area contributed by atoms with Gasteiger partial charge in [0.25, 0.3) is 0 Å². The monoisotopic (exact) mass is 622 g/mol. The van der Waals surface area contributed by atoms with Crippen molar-refractivity contribution in [1.29, 1.82) is 0 Å². The normalized spacial score (nSPS) is 25.8. The van der Waals surface area contributed by atoms with Crippen molar-refractivity contribution in [2.24, 2.45) is 10.8 Å². The van der Waals surface area contributed by atoms with Crippen LogP contribution < -0.4 is 0 Å². The van der Waals surface area contributed by atoms with Crippen LogP contribution in [0, 0.1) is 10.8 Å². The molecule has 0 aromatic heterocycles. The Bertz CT molecular complexity index is 1600. The molecule has 0 aliphatic carbocycles. The summed E-state index contributed by atoms with van der Waals surface area (Å²) in [6, 6.07) is 28.9. The lowest BCUT2D eigenvalue weighted by molar-refractivity contribution is -0.177. The van der Waals surface area contributed by atoms with E-state index in [1.54, 1.807) is 19.1 Å². The van der Waals surface area contributed by atoms with E-state index in [9.17, 15) is 19.2 Å². The lowest BCUT2D eigenvalue weighted by atomic mass is 9.74. The molecule has 46 heavy (non-hydrogen) atoms. The molecule has 5 rings (SSSR count). The molecule has 8 nitrogen and oxygen atoms in total. The second kappa shape index (κ2) is 15.3. The fourth-order valence-electron chi connectivity index (χ4n) is 5.27. The molecule has 0 radical (unpaired) electrons. The SMILES string of the molecule is COC(=O)[C@]1(C)C(=O)C=CO[C@@H]1/C=C/c1ccccc1.COC(=O)[C@]1(C)C(=O)C[C@@H](c2ccccc2)O[C@@H]1/C=C/c1ccccc1. The standard InChI is InChI=1S/C22H22O4.C16H16O4/c1-22(21(24)25-2)19(23)15-18(17-11-7-4-8-12-17)26-20(22)14-13-16-9-5-3-6-10-16;1-16(15(18)19-2)13(17)10-11-20-14(16)9-8-12-6-4-3-5-7-12/h3-14,18,20H,15H2,1-2H3;3-11,14H,1-2H3/b14-13+;9-8+/t18-,20+,22+;14-,16-/m01/s1. The van der Waals surface area contributed by atoms with Gasteiger partial charge in [0.05, 0.1) is 32.7 Å². The molecule has 3 aromatic rings.